The Morgan fingerprint density at radius 3 is 1.80 bits per heavy atom. The molecule has 0 amide bonds. The van der Waals surface area contributed by atoms with Gasteiger partial charge in [-0.05, 0) is 0 Å². The SMILES string of the molecule is C#CCC(CC#C)(C(=C)C(=O)O)C(=O)O. The van der Waals surface area contributed by atoms with Crippen LogP contribution in [0.3, 0.4) is 0 Å². The summed E-state index contributed by atoms with van der Waals surface area (Å²) in [6.07, 6.45) is 9.42. The molecule has 0 aliphatic heterocycles. The minimum absolute atomic E-state index is 0.294. The molecule has 4 heteroatoms. The maximum absolute atomic E-state index is 11.0. The van der Waals surface area contributed by atoms with E-state index in [1.54, 1.807) is 0 Å². The molecule has 4 nitrogen and oxygen atoms in total. The largest absolute Gasteiger partial charge is 0.481 e. The van der Waals surface area contributed by atoms with Crippen LogP contribution in [-0.4, -0.2) is 22.2 Å². The van der Waals surface area contributed by atoms with Crippen molar-refractivity contribution in [3.05, 3.63) is 12.2 Å². The molecular weight excluding hydrogens is 196 g/mol. The van der Waals surface area contributed by atoms with E-state index in [1.165, 1.54) is 0 Å². The second-order valence-corrected chi connectivity index (χ2v) is 2.93. The van der Waals surface area contributed by atoms with Gasteiger partial charge in [-0.15, -0.1) is 24.7 Å². The minimum Gasteiger partial charge on any atom is -0.481 e. The van der Waals surface area contributed by atoms with Gasteiger partial charge in [0.2, 0.25) is 0 Å². The van der Waals surface area contributed by atoms with Gasteiger partial charge in [0, 0.05) is 18.4 Å². The number of carbonyl (C=O) groups is 2. The summed E-state index contributed by atoms with van der Waals surface area (Å²) in [6, 6.07) is 0. The van der Waals surface area contributed by atoms with Crippen molar-refractivity contribution in [3.63, 3.8) is 0 Å². The number of carboxylic acids is 2. The van der Waals surface area contributed by atoms with Gasteiger partial charge < -0.3 is 10.2 Å². The Bertz CT molecular complexity index is 362. The molecule has 0 spiro atoms. The zero-order valence-corrected chi connectivity index (χ0v) is 7.99. The van der Waals surface area contributed by atoms with Crippen molar-refractivity contribution < 1.29 is 19.8 Å². The third-order valence-electron chi connectivity index (χ3n) is 2.05. The molecule has 15 heavy (non-hydrogen) atoms. The Morgan fingerprint density at radius 2 is 1.60 bits per heavy atom. The highest BCUT2D eigenvalue weighted by atomic mass is 16.4. The monoisotopic (exact) mass is 206 g/mol. The van der Waals surface area contributed by atoms with Gasteiger partial charge in [0.15, 0.2) is 0 Å². The number of aliphatic carboxylic acids is 2. The lowest BCUT2D eigenvalue weighted by atomic mass is 9.75. The van der Waals surface area contributed by atoms with E-state index in [0.29, 0.717) is 0 Å². The fourth-order valence-electron chi connectivity index (χ4n) is 1.11. The summed E-state index contributed by atoms with van der Waals surface area (Å²) in [7, 11) is 0. The summed E-state index contributed by atoms with van der Waals surface area (Å²) >= 11 is 0. The Balaban J connectivity index is 5.44. The molecule has 2 N–H and O–H groups in total. The van der Waals surface area contributed by atoms with Crippen molar-refractivity contribution in [1.29, 1.82) is 0 Å². The molecule has 0 saturated heterocycles. The van der Waals surface area contributed by atoms with Crippen LogP contribution >= 0.6 is 0 Å². The van der Waals surface area contributed by atoms with Gasteiger partial charge in [-0.3, -0.25) is 4.79 Å². The van der Waals surface area contributed by atoms with Gasteiger partial charge in [-0.25, -0.2) is 4.79 Å². The maximum atomic E-state index is 11.0. The average molecular weight is 206 g/mol. The molecule has 0 aromatic rings. The third-order valence-corrected chi connectivity index (χ3v) is 2.05. The van der Waals surface area contributed by atoms with Crippen molar-refractivity contribution in [2.24, 2.45) is 5.41 Å². The van der Waals surface area contributed by atoms with E-state index in [9.17, 15) is 9.59 Å². The molecule has 0 fully saturated rings. The van der Waals surface area contributed by atoms with Crippen LogP contribution in [0.5, 0.6) is 0 Å². The molecular formula is C11H10O4. The highest BCUT2D eigenvalue weighted by molar-refractivity contribution is 5.96. The van der Waals surface area contributed by atoms with Crippen molar-refractivity contribution in [2.45, 2.75) is 12.8 Å². The summed E-state index contributed by atoms with van der Waals surface area (Å²) in [5, 5.41) is 17.7. The highest BCUT2D eigenvalue weighted by Crippen LogP contribution is 2.34. The molecule has 0 aromatic carbocycles. The number of hydrogen-bond donors (Lipinski definition) is 2. The molecule has 0 aliphatic carbocycles. The zero-order valence-electron chi connectivity index (χ0n) is 7.99. The van der Waals surface area contributed by atoms with Crippen LogP contribution in [0.1, 0.15) is 12.8 Å². The van der Waals surface area contributed by atoms with Gasteiger partial charge in [-0.2, -0.15) is 0 Å². The van der Waals surface area contributed by atoms with E-state index < -0.39 is 22.9 Å². The lowest BCUT2D eigenvalue weighted by Gasteiger charge is -2.25. The first-order chi connectivity index (χ1) is 6.92. The number of carboxylic acid groups (broad SMARTS) is 2. The molecule has 0 saturated carbocycles. The van der Waals surface area contributed by atoms with Crippen molar-refractivity contribution in [1.82, 2.24) is 0 Å². The predicted molar refractivity (Wildman–Crippen MR) is 53.7 cm³/mol. The van der Waals surface area contributed by atoms with Crippen LogP contribution in [0.25, 0.3) is 0 Å². The van der Waals surface area contributed by atoms with E-state index >= 15 is 0 Å². The Hall–Kier alpha value is -2.20. The van der Waals surface area contributed by atoms with Crippen molar-refractivity contribution in [2.75, 3.05) is 0 Å². The first-order valence-electron chi connectivity index (χ1n) is 3.95. The predicted octanol–water partition coefficient (Wildman–Crippen LogP) is 0.745. The van der Waals surface area contributed by atoms with Crippen LogP contribution in [0.4, 0.5) is 0 Å². The van der Waals surface area contributed by atoms with Crippen molar-refractivity contribution >= 4 is 11.9 Å². The number of terminal acetylenes is 2. The minimum atomic E-state index is -1.77. The molecule has 0 atom stereocenters. The molecule has 78 valence electrons. The highest BCUT2D eigenvalue weighted by Gasteiger charge is 2.43. The smallest absolute Gasteiger partial charge is 0.332 e. The molecule has 0 heterocycles. The third kappa shape index (κ3) is 2.38. The molecule has 0 aliphatic rings. The van der Waals surface area contributed by atoms with Crippen LogP contribution in [0.15, 0.2) is 12.2 Å². The molecule has 0 bridgehead atoms. The maximum Gasteiger partial charge on any atom is 0.332 e. The van der Waals surface area contributed by atoms with Gasteiger partial charge in [0.1, 0.15) is 5.41 Å². The lowest BCUT2D eigenvalue weighted by Crippen LogP contribution is -2.35. The Morgan fingerprint density at radius 1 is 1.20 bits per heavy atom. The van der Waals surface area contributed by atoms with E-state index in [-0.39, 0.29) is 12.8 Å². The summed E-state index contributed by atoms with van der Waals surface area (Å²) in [4.78, 5) is 21.7. The number of hydrogen-bond acceptors (Lipinski definition) is 2. The van der Waals surface area contributed by atoms with Crippen LogP contribution in [0.2, 0.25) is 0 Å². The van der Waals surface area contributed by atoms with Gasteiger partial charge in [0.25, 0.3) is 0 Å². The van der Waals surface area contributed by atoms with Crippen LogP contribution in [-0.2, 0) is 9.59 Å². The molecule has 0 rings (SSSR count). The molecule has 0 unspecified atom stereocenters. The Kier molecular flexibility index (Phi) is 4.16. The average Bonchev–Trinajstić information content (AvgIpc) is 2.15. The van der Waals surface area contributed by atoms with E-state index in [2.05, 4.69) is 18.4 Å². The standard InChI is InChI=1S/C11H10O4/c1-4-6-11(7-5-2,10(14)15)8(3)9(12)13/h1-2H,3,6-7H2,(H,12,13)(H,14,15). The van der Waals surface area contributed by atoms with Crippen LogP contribution in [0, 0.1) is 30.1 Å². The molecule has 0 aromatic heterocycles. The Labute approximate surface area is 87.6 Å². The van der Waals surface area contributed by atoms with Crippen LogP contribution < -0.4 is 0 Å². The summed E-state index contributed by atoms with van der Waals surface area (Å²) in [5.74, 6) is 1.44. The quantitative estimate of drug-likeness (QED) is 0.514. The molecule has 0 radical (unpaired) electrons. The fraction of sp³-hybridized carbons (Fsp3) is 0.273. The second kappa shape index (κ2) is 4.88. The first kappa shape index (κ1) is 12.8. The summed E-state index contributed by atoms with van der Waals surface area (Å²) in [5.41, 5.74) is -2.26. The summed E-state index contributed by atoms with van der Waals surface area (Å²) in [6.45, 7) is 3.21. The normalized spacial score (nSPS) is 9.73. The van der Waals surface area contributed by atoms with E-state index in [1.807, 2.05) is 0 Å². The van der Waals surface area contributed by atoms with Gasteiger partial charge in [0.05, 0.1) is 0 Å². The fourth-order valence-corrected chi connectivity index (χ4v) is 1.11. The number of rotatable bonds is 5. The zero-order chi connectivity index (χ0) is 12.1. The van der Waals surface area contributed by atoms with E-state index in [4.69, 9.17) is 23.1 Å². The lowest BCUT2D eigenvalue weighted by molar-refractivity contribution is -0.149. The van der Waals surface area contributed by atoms with Crippen molar-refractivity contribution in [3.8, 4) is 24.7 Å². The van der Waals surface area contributed by atoms with E-state index in [0.717, 1.165) is 0 Å². The summed E-state index contributed by atoms with van der Waals surface area (Å²) < 4.78 is 0. The topological polar surface area (TPSA) is 74.6 Å². The van der Waals surface area contributed by atoms with Gasteiger partial charge >= 0.3 is 11.9 Å². The van der Waals surface area contributed by atoms with Gasteiger partial charge in [-0.1, -0.05) is 6.58 Å². The second-order valence-electron chi connectivity index (χ2n) is 2.93. The first-order valence-corrected chi connectivity index (χ1v) is 3.95.